The number of nitrogens with two attached hydrogens (primary N) is 1. The Morgan fingerprint density at radius 3 is 2.25 bits per heavy atom. The maximum Gasteiger partial charge on any atom is 0.251 e. The van der Waals surface area contributed by atoms with Gasteiger partial charge in [-0.2, -0.15) is 0 Å². The molecule has 3 aromatic carbocycles. The van der Waals surface area contributed by atoms with E-state index >= 15 is 0 Å². The van der Waals surface area contributed by atoms with E-state index in [4.69, 9.17) is 15.9 Å². The predicted molar refractivity (Wildman–Crippen MR) is 147 cm³/mol. The Hall–Kier alpha value is -3.64. The molecule has 0 saturated carbocycles. The molecule has 6 nitrogen and oxygen atoms in total. The van der Waals surface area contributed by atoms with Gasteiger partial charge in [0.2, 0.25) is 0 Å². The zero-order valence-electron chi connectivity index (χ0n) is 21.2. The van der Waals surface area contributed by atoms with E-state index in [1.54, 1.807) is 18.2 Å². The number of hydrogen-bond acceptors (Lipinski definition) is 5. The summed E-state index contributed by atoms with van der Waals surface area (Å²) in [6, 6.07) is 23.5. The van der Waals surface area contributed by atoms with Gasteiger partial charge in [-0.3, -0.25) is 10.2 Å². The van der Waals surface area contributed by atoms with Crippen LogP contribution in [0.1, 0.15) is 53.7 Å². The monoisotopic (exact) mass is 484 g/mol. The van der Waals surface area contributed by atoms with Crippen molar-refractivity contribution in [1.29, 1.82) is 5.41 Å². The number of carbonyl (C=O) groups excluding carboxylic acids is 1. The van der Waals surface area contributed by atoms with Crippen LogP contribution in [0.25, 0.3) is 0 Å². The highest BCUT2D eigenvalue weighted by Gasteiger charge is 2.29. The zero-order chi connectivity index (χ0) is 25.5. The second-order valence-corrected chi connectivity index (χ2v) is 9.36. The van der Waals surface area contributed by atoms with E-state index in [1.807, 2.05) is 42.5 Å². The molecule has 0 unspecified atom stereocenters. The molecule has 0 atom stereocenters. The fourth-order valence-electron chi connectivity index (χ4n) is 4.88. The van der Waals surface area contributed by atoms with E-state index in [0.717, 1.165) is 50.4 Å². The number of nitrogens with one attached hydrogen (secondary N) is 2. The molecule has 6 heteroatoms. The molecular weight excluding hydrogens is 448 g/mol. The lowest BCUT2D eigenvalue weighted by Crippen LogP contribution is -2.40. The van der Waals surface area contributed by atoms with Crippen molar-refractivity contribution >= 4 is 23.0 Å². The molecule has 1 saturated heterocycles. The zero-order valence-corrected chi connectivity index (χ0v) is 21.2. The molecule has 0 aliphatic carbocycles. The second kappa shape index (κ2) is 11.4. The Morgan fingerprint density at radius 2 is 1.61 bits per heavy atom. The van der Waals surface area contributed by atoms with Gasteiger partial charge < -0.3 is 20.7 Å². The minimum Gasteiger partial charge on any atom is -0.398 e. The normalized spacial score (nSPS) is 13.9. The Kier molecular flexibility index (Phi) is 8.06. The van der Waals surface area contributed by atoms with Gasteiger partial charge in [-0.25, -0.2) is 0 Å². The van der Waals surface area contributed by atoms with E-state index in [-0.39, 0.29) is 11.3 Å². The van der Waals surface area contributed by atoms with Crippen molar-refractivity contribution in [3.8, 4) is 0 Å². The Morgan fingerprint density at radius 1 is 0.972 bits per heavy atom. The van der Waals surface area contributed by atoms with Crippen molar-refractivity contribution < 1.29 is 9.53 Å². The summed E-state index contributed by atoms with van der Waals surface area (Å²) >= 11 is 0. The van der Waals surface area contributed by atoms with Gasteiger partial charge in [0, 0.05) is 53.1 Å². The highest BCUT2D eigenvalue weighted by atomic mass is 16.5. The van der Waals surface area contributed by atoms with Crippen LogP contribution in [0, 0.1) is 5.41 Å². The number of carbonyl (C=O) groups is 1. The molecule has 3 aromatic rings. The molecule has 1 heterocycles. The molecule has 0 aromatic heterocycles. The van der Waals surface area contributed by atoms with E-state index in [1.165, 1.54) is 5.56 Å². The molecule has 1 aliphatic rings. The first-order valence-corrected chi connectivity index (χ1v) is 12.7. The van der Waals surface area contributed by atoms with Gasteiger partial charge in [-0.1, -0.05) is 56.3 Å². The van der Waals surface area contributed by atoms with E-state index in [0.29, 0.717) is 29.1 Å². The minimum atomic E-state index is -0.158. The summed E-state index contributed by atoms with van der Waals surface area (Å²) in [6.45, 7) is 8.05. The third-order valence-corrected chi connectivity index (χ3v) is 7.44. The number of morpholine rings is 1. The first-order valence-electron chi connectivity index (χ1n) is 12.7. The van der Waals surface area contributed by atoms with Crippen LogP contribution >= 0.6 is 0 Å². The third-order valence-electron chi connectivity index (χ3n) is 7.44. The smallest absolute Gasteiger partial charge is 0.251 e. The van der Waals surface area contributed by atoms with Gasteiger partial charge in [0.25, 0.3) is 5.91 Å². The molecule has 0 bridgehead atoms. The Bertz CT molecular complexity index is 1180. The van der Waals surface area contributed by atoms with Crippen LogP contribution in [-0.4, -0.2) is 44.5 Å². The second-order valence-electron chi connectivity index (χ2n) is 9.36. The van der Waals surface area contributed by atoms with E-state index < -0.39 is 0 Å². The molecule has 188 valence electrons. The molecule has 1 aliphatic heterocycles. The van der Waals surface area contributed by atoms with Crippen molar-refractivity contribution in [2.75, 3.05) is 43.5 Å². The quantitative estimate of drug-likeness (QED) is 0.294. The van der Waals surface area contributed by atoms with Gasteiger partial charge in [0.05, 0.1) is 18.9 Å². The number of hydrogen-bond donors (Lipinski definition) is 3. The summed E-state index contributed by atoms with van der Waals surface area (Å²) in [6.07, 6.45) is 1.84. The topological polar surface area (TPSA) is 91.4 Å². The number of ether oxygens (including phenoxy) is 1. The molecule has 1 fully saturated rings. The lowest BCUT2D eigenvalue weighted by Gasteiger charge is -2.32. The highest BCUT2D eigenvalue weighted by molar-refractivity contribution is 6.15. The van der Waals surface area contributed by atoms with Crippen molar-refractivity contribution in [1.82, 2.24) is 5.32 Å². The molecule has 0 radical (unpaired) electrons. The summed E-state index contributed by atoms with van der Waals surface area (Å²) in [5.74, 6) is -0.158. The maximum atomic E-state index is 13.2. The number of benzene rings is 3. The molecule has 1 amide bonds. The predicted octanol–water partition coefficient (Wildman–Crippen LogP) is 5.01. The number of anilines is 2. The van der Waals surface area contributed by atoms with E-state index in [2.05, 4.69) is 36.2 Å². The number of amides is 1. The molecular formula is C30H36N4O2. The van der Waals surface area contributed by atoms with Crippen LogP contribution in [0.2, 0.25) is 0 Å². The largest absolute Gasteiger partial charge is 0.398 e. The van der Waals surface area contributed by atoms with Crippen LogP contribution in [0.3, 0.4) is 0 Å². The average molecular weight is 485 g/mol. The van der Waals surface area contributed by atoms with Crippen molar-refractivity contribution in [2.24, 2.45) is 0 Å². The van der Waals surface area contributed by atoms with E-state index in [9.17, 15) is 4.79 Å². The fraction of sp³-hybridized carbons (Fsp3) is 0.333. The fourth-order valence-corrected chi connectivity index (χ4v) is 4.88. The molecule has 4 rings (SSSR count). The Labute approximate surface area is 214 Å². The van der Waals surface area contributed by atoms with Gasteiger partial charge in [-0.05, 0) is 48.7 Å². The lowest BCUT2D eigenvalue weighted by atomic mass is 9.76. The van der Waals surface area contributed by atoms with Gasteiger partial charge >= 0.3 is 0 Å². The molecule has 4 N–H and O–H groups in total. The van der Waals surface area contributed by atoms with Crippen molar-refractivity contribution in [3.63, 3.8) is 0 Å². The van der Waals surface area contributed by atoms with Gasteiger partial charge in [0.1, 0.15) is 0 Å². The van der Waals surface area contributed by atoms with Crippen LogP contribution in [-0.2, 0) is 10.2 Å². The summed E-state index contributed by atoms with van der Waals surface area (Å²) in [5, 5.41) is 11.9. The van der Waals surface area contributed by atoms with Crippen LogP contribution in [0.15, 0.2) is 72.8 Å². The summed E-state index contributed by atoms with van der Waals surface area (Å²) in [4.78, 5) is 15.4. The summed E-state index contributed by atoms with van der Waals surface area (Å²) < 4.78 is 5.43. The highest BCUT2D eigenvalue weighted by Crippen LogP contribution is 2.31. The number of rotatable bonds is 9. The molecule has 0 spiro atoms. The third kappa shape index (κ3) is 5.44. The Balaban J connectivity index is 1.49. The summed E-state index contributed by atoms with van der Waals surface area (Å²) in [5.41, 5.74) is 11.1. The first kappa shape index (κ1) is 25.5. The first-order chi connectivity index (χ1) is 17.5. The molecule has 36 heavy (non-hydrogen) atoms. The number of nitrogens with zero attached hydrogens (tertiary/aromatic N) is 1. The van der Waals surface area contributed by atoms with Crippen LogP contribution in [0.5, 0.6) is 0 Å². The van der Waals surface area contributed by atoms with Crippen molar-refractivity contribution in [2.45, 2.75) is 32.1 Å². The maximum absolute atomic E-state index is 13.2. The number of nitrogen functional groups attached to an aromatic ring is 1. The lowest BCUT2D eigenvalue weighted by molar-refractivity contribution is 0.0941. The van der Waals surface area contributed by atoms with Crippen molar-refractivity contribution in [3.05, 3.63) is 95.1 Å². The van der Waals surface area contributed by atoms with Gasteiger partial charge in [-0.15, -0.1) is 0 Å². The minimum absolute atomic E-state index is 0.123. The average Bonchev–Trinajstić information content (AvgIpc) is 2.95. The summed E-state index contributed by atoms with van der Waals surface area (Å²) in [7, 11) is 0. The van der Waals surface area contributed by atoms with Crippen LogP contribution in [0.4, 0.5) is 11.4 Å². The van der Waals surface area contributed by atoms with Crippen LogP contribution < -0.4 is 16.0 Å². The SMILES string of the molecule is CCC(CC)(CNC(=O)c1ccc(N)c(C(=N)c2ccc(N3CCOCC3)cc2)c1)c1ccccc1. The standard InChI is InChI=1S/C30H36N4O2/c1-3-30(4-2,24-8-6-5-7-9-24)21-33-29(35)23-12-15-27(31)26(20-23)28(32)22-10-13-25(14-11-22)34-16-18-36-19-17-34/h5-15,20,32H,3-4,16-19,21,31H2,1-2H3,(H,33,35). The van der Waals surface area contributed by atoms with Gasteiger partial charge in [0.15, 0.2) is 0 Å².